The van der Waals surface area contributed by atoms with Gasteiger partial charge in [0.05, 0.1) is 20.1 Å². The topological polar surface area (TPSA) is 122 Å². The molecule has 0 aromatic carbocycles. The van der Waals surface area contributed by atoms with Gasteiger partial charge in [-0.05, 0) is 48.6 Å². The number of amidine groups is 1. The Kier molecular flexibility index (Phi) is 7.06. The molecular formula is C27H33N6O3S+. The molecule has 2 aromatic heterocycles. The molecule has 1 spiro atoms. The predicted octanol–water partition coefficient (Wildman–Crippen LogP) is 2.55. The zero-order chi connectivity index (χ0) is 26.0. The highest BCUT2D eigenvalue weighted by molar-refractivity contribution is 7.10. The van der Waals surface area contributed by atoms with Crippen LogP contribution in [0, 0.1) is 5.41 Å². The van der Waals surface area contributed by atoms with Gasteiger partial charge in [0.2, 0.25) is 5.91 Å². The van der Waals surface area contributed by atoms with Crippen molar-refractivity contribution in [3.8, 4) is 0 Å². The molecule has 5 heterocycles. The Balaban J connectivity index is 1.23. The highest BCUT2D eigenvalue weighted by atomic mass is 32.1. The largest absolute Gasteiger partial charge is 0.387 e. The van der Waals surface area contributed by atoms with Crippen molar-refractivity contribution in [3.05, 3.63) is 51.6 Å². The molecule has 3 aliphatic rings. The average Bonchev–Trinajstić information content (AvgIpc) is 3.42. The summed E-state index contributed by atoms with van der Waals surface area (Å²) in [5.41, 5.74) is 9.30. The van der Waals surface area contributed by atoms with E-state index in [1.807, 2.05) is 35.7 Å². The summed E-state index contributed by atoms with van der Waals surface area (Å²) in [5.74, 6) is 1.03. The fourth-order valence-electron chi connectivity index (χ4n) is 5.45. The average molecular weight is 522 g/mol. The molecule has 0 radical (unpaired) electrons. The van der Waals surface area contributed by atoms with Gasteiger partial charge in [0.15, 0.2) is 12.4 Å². The number of amides is 2. The predicted molar refractivity (Wildman–Crippen MR) is 144 cm³/mol. The maximum atomic E-state index is 12.8. The Morgan fingerprint density at radius 3 is 2.68 bits per heavy atom. The molecule has 3 N–H and O–H groups in total. The molecule has 3 aliphatic heterocycles. The molecule has 2 saturated heterocycles. The highest BCUT2D eigenvalue weighted by Crippen LogP contribution is 2.42. The van der Waals surface area contributed by atoms with Crippen LogP contribution >= 0.6 is 11.3 Å². The molecule has 2 fully saturated rings. The van der Waals surface area contributed by atoms with Gasteiger partial charge in [-0.15, -0.1) is 11.3 Å². The molecule has 0 unspecified atom stereocenters. The van der Waals surface area contributed by atoms with Gasteiger partial charge in [0.1, 0.15) is 10.8 Å². The van der Waals surface area contributed by atoms with Crippen molar-refractivity contribution in [1.82, 2.24) is 14.9 Å². The lowest BCUT2D eigenvalue weighted by Gasteiger charge is -2.45. The van der Waals surface area contributed by atoms with E-state index in [9.17, 15) is 14.7 Å². The van der Waals surface area contributed by atoms with Gasteiger partial charge in [0.25, 0.3) is 0 Å². The molecule has 0 bridgehead atoms. The van der Waals surface area contributed by atoms with Crippen molar-refractivity contribution in [2.45, 2.75) is 32.1 Å². The number of fused-ring (bicyclic) bond motifs is 1. The number of carbonyl (C=O) groups excluding carboxylic acids is 2. The molecule has 9 nitrogen and oxygen atoms in total. The number of nitrogens with zero attached hydrogens (tertiary/aromatic N) is 5. The van der Waals surface area contributed by atoms with Gasteiger partial charge in [-0.1, -0.05) is 5.57 Å². The first-order valence-corrected chi connectivity index (χ1v) is 13.6. The Hall–Kier alpha value is -3.21. The van der Waals surface area contributed by atoms with Crippen molar-refractivity contribution in [3.63, 3.8) is 0 Å². The van der Waals surface area contributed by atoms with Crippen LogP contribution in [0.1, 0.15) is 41.8 Å². The highest BCUT2D eigenvalue weighted by Gasteiger charge is 2.47. The lowest BCUT2D eigenvalue weighted by Crippen LogP contribution is -2.60. The Morgan fingerprint density at radius 1 is 1.24 bits per heavy atom. The van der Waals surface area contributed by atoms with Gasteiger partial charge in [-0.25, -0.2) is 19.8 Å². The SMILES string of the molecule is C[N+]1(C(=O)CO)CCC2(CC1)Cc1cc(C=CC(=O)N3CCC(=Cc4nccs4)CC3)cnc1N=C2N. The summed E-state index contributed by atoms with van der Waals surface area (Å²) in [6.45, 7) is 2.19. The van der Waals surface area contributed by atoms with E-state index < -0.39 is 6.61 Å². The monoisotopic (exact) mass is 521 g/mol. The molecule has 0 atom stereocenters. The zero-order valence-corrected chi connectivity index (χ0v) is 21.9. The summed E-state index contributed by atoms with van der Waals surface area (Å²) in [4.78, 5) is 40.3. The number of aromatic nitrogens is 2. The smallest absolute Gasteiger partial charge is 0.339 e. The molecule has 10 heteroatoms. The summed E-state index contributed by atoms with van der Waals surface area (Å²) < 4.78 is 0.222. The van der Waals surface area contributed by atoms with E-state index in [1.165, 1.54) is 5.57 Å². The lowest BCUT2D eigenvalue weighted by atomic mass is 9.71. The second-order valence-corrected chi connectivity index (χ2v) is 11.4. The Bertz CT molecular complexity index is 1270. The van der Waals surface area contributed by atoms with Crippen molar-refractivity contribution < 1.29 is 19.2 Å². The summed E-state index contributed by atoms with van der Waals surface area (Å²) >= 11 is 1.62. The number of rotatable bonds is 4. The van der Waals surface area contributed by atoms with Gasteiger partial charge < -0.3 is 15.7 Å². The third kappa shape index (κ3) is 5.27. The van der Waals surface area contributed by atoms with E-state index in [0.717, 1.165) is 41.8 Å². The first kappa shape index (κ1) is 25.4. The summed E-state index contributed by atoms with van der Waals surface area (Å²) in [6.07, 6.45) is 13.0. The lowest BCUT2D eigenvalue weighted by molar-refractivity contribution is -0.842. The van der Waals surface area contributed by atoms with Crippen LogP contribution in [-0.4, -0.2) is 81.9 Å². The van der Waals surface area contributed by atoms with Crippen LogP contribution in [0.15, 0.2) is 40.5 Å². The molecular weight excluding hydrogens is 488 g/mol. The summed E-state index contributed by atoms with van der Waals surface area (Å²) in [5, 5.41) is 12.3. The molecule has 2 amide bonds. The van der Waals surface area contributed by atoms with Crippen LogP contribution < -0.4 is 5.73 Å². The van der Waals surface area contributed by atoms with Crippen LogP contribution in [0.3, 0.4) is 0 Å². The molecule has 2 aromatic rings. The molecule has 0 saturated carbocycles. The number of thiazole rings is 1. The summed E-state index contributed by atoms with van der Waals surface area (Å²) in [7, 11) is 1.87. The van der Waals surface area contributed by atoms with E-state index in [0.29, 0.717) is 44.3 Å². The number of hydrogen-bond acceptors (Lipinski definition) is 8. The van der Waals surface area contributed by atoms with E-state index in [-0.39, 0.29) is 21.7 Å². The fraction of sp³-hybridized carbons (Fsp3) is 0.444. The number of carbonyl (C=O) groups is 2. The van der Waals surface area contributed by atoms with Crippen LogP contribution in [0.2, 0.25) is 0 Å². The Morgan fingerprint density at radius 2 is 2.00 bits per heavy atom. The maximum absolute atomic E-state index is 12.8. The maximum Gasteiger partial charge on any atom is 0.339 e. The Labute approximate surface area is 220 Å². The van der Waals surface area contributed by atoms with E-state index in [1.54, 1.807) is 23.6 Å². The fourth-order valence-corrected chi connectivity index (χ4v) is 6.07. The number of nitrogens with two attached hydrogens (primary N) is 1. The van der Waals surface area contributed by atoms with Crippen LogP contribution in [0.4, 0.5) is 5.82 Å². The third-order valence-corrected chi connectivity index (χ3v) is 8.80. The molecule has 0 aliphatic carbocycles. The molecule has 37 heavy (non-hydrogen) atoms. The minimum atomic E-state index is -0.448. The van der Waals surface area contributed by atoms with Crippen LogP contribution in [-0.2, 0) is 16.0 Å². The number of pyridine rings is 1. The van der Waals surface area contributed by atoms with Gasteiger partial charge in [-0.3, -0.25) is 9.28 Å². The normalized spacial score (nSPS) is 25.7. The van der Waals surface area contributed by atoms with Crippen molar-refractivity contribution in [1.29, 1.82) is 0 Å². The molecule has 5 rings (SSSR count). The summed E-state index contributed by atoms with van der Waals surface area (Å²) in [6, 6.07) is 2.04. The number of likely N-dealkylation sites (N-methyl/N-ethyl adjacent to an activating group) is 1. The number of likely N-dealkylation sites (tertiary alicyclic amines) is 2. The van der Waals surface area contributed by atoms with Crippen molar-refractivity contribution in [2.24, 2.45) is 16.1 Å². The first-order chi connectivity index (χ1) is 17.8. The quantitative estimate of drug-likeness (QED) is 0.471. The number of aliphatic hydroxyl groups is 1. The van der Waals surface area contributed by atoms with Crippen LogP contribution in [0.25, 0.3) is 12.2 Å². The molecule has 194 valence electrons. The zero-order valence-electron chi connectivity index (χ0n) is 21.1. The van der Waals surface area contributed by atoms with E-state index in [4.69, 9.17) is 5.73 Å². The second-order valence-electron chi connectivity index (χ2n) is 10.4. The number of aliphatic hydroxyl groups excluding tert-OH is 1. The van der Waals surface area contributed by atoms with Crippen molar-refractivity contribution >= 4 is 47.0 Å². The van der Waals surface area contributed by atoms with Gasteiger partial charge in [-0.2, -0.15) is 0 Å². The second kappa shape index (κ2) is 10.3. The standard InChI is InChI=1S/C27H32N6O3S/c1-33(24(36)18-34)11-6-27(7-12-33)16-21-14-20(17-30-25(21)31-26(27)28)2-3-23(35)32-9-4-19(5-10-32)15-22-29-8-13-37-22/h2-3,8,13-15,17,34H,4-7,9-12,16,18H2,1H3,(H-,28,30,31,35)/p+1. The number of piperidine rings is 2. The van der Waals surface area contributed by atoms with E-state index >= 15 is 0 Å². The number of aliphatic imine (C=N–C) groups is 1. The number of hydrogen-bond donors (Lipinski definition) is 2. The first-order valence-electron chi connectivity index (χ1n) is 12.7. The number of quaternary nitrogens is 1. The minimum Gasteiger partial charge on any atom is -0.387 e. The van der Waals surface area contributed by atoms with Gasteiger partial charge in [0, 0.05) is 55.2 Å². The minimum absolute atomic E-state index is 0.00244. The van der Waals surface area contributed by atoms with Crippen LogP contribution in [0.5, 0.6) is 0 Å². The van der Waals surface area contributed by atoms with Crippen molar-refractivity contribution in [2.75, 3.05) is 39.8 Å². The van der Waals surface area contributed by atoms with Gasteiger partial charge >= 0.3 is 5.91 Å². The third-order valence-electron chi connectivity index (χ3n) is 8.08. The van der Waals surface area contributed by atoms with E-state index in [2.05, 4.69) is 21.0 Å².